The number of nitrogens with one attached hydrogen (secondary N) is 1. The van der Waals surface area contributed by atoms with Gasteiger partial charge in [0.25, 0.3) is 5.91 Å². The van der Waals surface area contributed by atoms with Gasteiger partial charge in [0.05, 0.1) is 17.7 Å². The van der Waals surface area contributed by atoms with E-state index in [1.807, 2.05) is 30.3 Å². The number of nitrogens with zero attached hydrogens (tertiary/aromatic N) is 1. The Morgan fingerprint density at radius 1 is 1.15 bits per heavy atom. The Morgan fingerprint density at radius 2 is 1.81 bits per heavy atom. The van der Waals surface area contributed by atoms with Crippen LogP contribution in [0.4, 0.5) is 11.4 Å². The number of carbonyl (C=O) groups excluding carboxylic acids is 2. The number of thiocarbonyl (C=S) groups is 1. The number of anilines is 2. The fourth-order valence-electron chi connectivity index (χ4n) is 2.44. The van der Waals surface area contributed by atoms with E-state index in [4.69, 9.17) is 17.0 Å². The van der Waals surface area contributed by atoms with Gasteiger partial charge >= 0.3 is 0 Å². The van der Waals surface area contributed by atoms with Gasteiger partial charge in [-0.2, -0.15) is 0 Å². The van der Waals surface area contributed by atoms with Crippen molar-refractivity contribution in [2.75, 3.05) is 17.3 Å². The minimum absolute atomic E-state index is 0.147. The van der Waals surface area contributed by atoms with Gasteiger partial charge in [-0.15, -0.1) is 0 Å². The topological polar surface area (TPSA) is 58.6 Å². The molecule has 5 nitrogen and oxygen atoms in total. The summed E-state index contributed by atoms with van der Waals surface area (Å²) in [5, 5.41) is 2.69. The monoisotopic (exact) mass is 384 g/mol. The average molecular weight is 384 g/mol. The first-order chi connectivity index (χ1) is 12.5. The molecule has 0 bridgehead atoms. The van der Waals surface area contributed by atoms with E-state index in [0.717, 1.165) is 11.3 Å². The van der Waals surface area contributed by atoms with E-state index in [-0.39, 0.29) is 11.8 Å². The highest BCUT2D eigenvalue weighted by Gasteiger charge is 2.33. The third-order valence-corrected chi connectivity index (χ3v) is 4.96. The first-order valence-electron chi connectivity index (χ1n) is 7.77. The molecule has 1 aliphatic rings. The van der Waals surface area contributed by atoms with E-state index < -0.39 is 0 Å². The number of hydrogen-bond acceptors (Lipinski definition) is 5. The first-order valence-corrected chi connectivity index (χ1v) is 9.00. The molecular weight excluding hydrogens is 368 g/mol. The summed E-state index contributed by atoms with van der Waals surface area (Å²) in [4.78, 5) is 25.9. The second-order valence-electron chi connectivity index (χ2n) is 5.52. The van der Waals surface area contributed by atoms with Gasteiger partial charge in [-0.3, -0.25) is 14.5 Å². The van der Waals surface area contributed by atoms with Crippen LogP contribution in [0.2, 0.25) is 0 Å². The lowest BCUT2D eigenvalue weighted by Crippen LogP contribution is -2.27. The summed E-state index contributed by atoms with van der Waals surface area (Å²) in [5.74, 6) is 0.447. The molecule has 1 aliphatic heterocycles. The summed E-state index contributed by atoms with van der Waals surface area (Å²) in [6.07, 6.45) is 1.81. The van der Waals surface area contributed by atoms with Gasteiger partial charge in [0.1, 0.15) is 5.75 Å². The molecule has 0 atom stereocenters. The molecule has 0 radical (unpaired) electrons. The van der Waals surface area contributed by atoms with Gasteiger partial charge in [0, 0.05) is 12.6 Å². The number of carbonyl (C=O) groups is 2. The van der Waals surface area contributed by atoms with Crippen molar-refractivity contribution in [1.29, 1.82) is 0 Å². The highest BCUT2D eigenvalue weighted by Crippen LogP contribution is 2.36. The molecule has 1 fully saturated rings. The molecule has 1 N–H and O–H groups in total. The van der Waals surface area contributed by atoms with Crippen molar-refractivity contribution < 1.29 is 14.3 Å². The number of ether oxygens (including phenoxy) is 1. The van der Waals surface area contributed by atoms with Crippen molar-refractivity contribution >= 4 is 57.6 Å². The maximum absolute atomic E-state index is 12.8. The lowest BCUT2D eigenvalue weighted by atomic mass is 10.2. The maximum atomic E-state index is 12.8. The van der Waals surface area contributed by atoms with Crippen molar-refractivity contribution in [3.63, 3.8) is 0 Å². The van der Waals surface area contributed by atoms with Gasteiger partial charge in [0.15, 0.2) is 4.32 Å². The zero-order chi connectivity index (χ0) is 18.7. The molecule has 2 aromatic carbocycles. The second kappa shape index (κ2) is 7.72. The smallest absolute Gasteiger partial charge is 0.270 e. The van der Waals surface area contributed by atoms with Crippen LogP contribution in [0.15, 0.2) is 53.4 Å². The zero-order valence-corrected chi connectivity index (χ0v) is 15.8. The molecule has 0 aliphatic carbocycles. The van der Waals surface area contributed by atoms with Crippen LogP contribution in [-0.2, 0) is 9.59 Å². The molecule has 2 aromatic rings. The Balaban J connectivity index is 1.81. The number of methoxy groups -OCH3 is 1. The van der Waals surface area contributed by atoms with Crippen LogP contribution in [0, 0.1) is 0 Å². The van der Waals surface area contributed by atoms with Crippen molar-refractivity contribution in [3.05, 3.63) is 59.0 Å². The molecule has 0 aromatic heterocycles. The number of thioether (sulfide) groups is 1. The number of benzene rings is 2. The normalized spacial score (nSPS) is 15.5. The van der Waals surface area contributed by atoms with Crippen LogP contribution < -0.4 is 15.0 Å². The fraction of sp³-hybridized carbons (Fsp3) is 0.105. The summed E-state index contributed by atoms with van der Waals surface area (Å²) in [5.41, 5.74) is 2.23. The molecule has 26 heavy (non-hydrogen) atoms. The maximum Gasteiger partial charge on any atom is 0.270 e. The largest absolute Gasteiger partial charge is 0.497 e. The minimum Gasteiger partial charge on any atom is -0.497 e. The first kappa shape index (κ1) is 18.2. The highest BCUT2D eigenvalue weighted by atomic mass is 32.2. The lowest BCUT2D eigenvalue weighted by molar-refractivity contribution is -0.114. The van der Waals surface area contributed by atoms with Gasteiger partial charge in [0.2, 0.25) is 5.91 Å². The van der Waals surface area contributed by atoms with Crippen LogP contribution in [0.5, 0.6) is 5.75 Å². The standard InChI is InChI=1S/C19H16N2O3S2/c1-12(22)20-14-5-7-15(8-6-14)21-18(23)17(26-19(21)25)11-13-3-9-16(24-2)10-4-13/h3-11H,1-2H3,(H,20,22). The Bertz CT molecular complexity index is 890. The fourth-order valence-corrected chi connectivity index (χ4v) is 3.74. The van der Waals surface area contributed by atoms with Crippen molar-refractivity contribution in [2.45, 2.75) is 6.92 Å². The van der Waals surface area contributed by atoms with Crippen LogP contribution in [-0.4, -0.2) is 23.2 Å². The molecule has 2 amide bonds. The van der Waals surface area contributed by atoms with Crippen molar-refractivity contribution in [1.82, 2.24) is 0 Å². The van der Waals surface area contributed by atoms with Crippen LogP contribution in [0.3, 0.4) is 0 Å². The summed E-state index contributed by atoms with van der Waals surface area (Å²) in [6.45, 7) is 1.44. The quantitative estimate of drug-likeness (QED) is 0.636. The summed E-state index contributed by atoms with van der Waals surface area (Å²) >= 11 is 6.64. The number of rotatable bonds is 4. The summed E-state index contributed by atoms with van der Waals surface area (Å²) < 4.78 is 5.61. The van der Waals surface area contributed by atoms with Gasteiger partial charge in [-0.05, 0) is 48.0 Å². The Kier molecular flexibility index (Phi) is 5.39. The summed E-state index contributed by atoms with van der Waals surface area (Å²) in [6, 6.07) is 14.4. The van der Waals surface area contributed by atoms with Crippen LogP contribution >= 0.6 is 24.0 Å². The lowest BCUT2D eigenvalue weighted by Gasteiger charge is -2.15. The Morgan fingerprint density at radius 3 is 2.38 bits per heavy atom. The van der Waals surface area contributed by atoms with Crippen molar-refractivity contribution in [2.24, 2.45) is 0 Å². The van der Waals surface area contributed by atoms with E-state index in [1.54, 1.807) is 31.4 Å². The predicted molar refractivity (Wildman–Crippen MR) is 109 cm³/mol. The van der Waals surface area contributed by atoms with E-state index in [0.29, 0.717) is 20.6 Å². The third-order valence-electron chi connectivity index (χ3n) is 3.65. The van der Waals surface area contributed by atoms with E-state index in [9.17, 15) is 9.59 Å². The van der Waals surface area contributed by atoms with E-state index >= 15 is 0 Å². The van der Waals surface area contributed by atoms with Gasteiger partial charge in [-0.25, -0.2) is 0 Å². The predicted octanol–water partition coefficient (Wildman–Crippen LogP) is 4.06. The van der Waals surface area contributed by atoms with Crippen molar-refractivity contribution in [3.8, 4) is 5.75 Å². The SMILES string of the molecule is COc1ccc(C=C2SC(=S)N(c3ccc(NC(C)=O)cc3)C2=O)cc1. The van der Waals surface area contributed by atoms with Crippen LogP contribution in [0.25, 0.3) is 6.08 Å². The highest BCUT2D eigenvalue weighted by molar-refractivity contribution is 8.27. The van der Waals surface area contributed by atoms with E-state index in [2.05, 4.69) is 5.32 Å². The molecule has 1 saturated heterocycles. The molecule has 132 valence electrons. The number of amides is 2. The minimum atomic E-state index is -0.164. The van der Waals surface area contributed by atoms with Crippen LogP contribution in [0.1, 0.15) is 12.5 Å². The average Bonchev–Trinajstić information content (AvgIpc) is 2.89. The number of hydrogen-bond donors (Lipinski definition) is 1. The molecule has 0 spiro atoms. The third kappa shape index (κ3) is 3.95. The summed E-state index contributed by atoms with van der Waals surface area (Å²) in [7, 11) is 1.61. The Hall–Kier alpha value is -2.64. The second-order valence-corrected chi connectivity index (χ2v) is 7.19. The zero-order valence-electron chi connectivity index (χ0n) is 14.2. The molecule has 0 saturated carbocycles. The van der Waals surface area contributed by atoms with Gasteiger partial charge < -0.3 is 10.1 Å². The molecule has 3 rings (SSSR count). The Labute approximate surface area is 161 Å². The molecule has 7 heteroatoms. The molecular formula is C19H16N2O3S2. The molecule has 0 unspecified atom stereocenters. The van der Waals surface area contributed by atoms with Gasteiger partial charge in [-0.1, -0.05) is 36.1 Å². The molecule has 1 heterocycles. The van der Waals surface area contributed by atoms with E-state index in [1.165, 1.54) is 23.6 Å².